The Morgan fingerprint density at radius 3 is 2.49 bits per heavy atom. The maximum absolute atomic E-state index is 12.8. The van der Waals surface area contributed by atoms with Crippen molar-refractivity contribution in [2.24, 2.45) is 13.0 Å². The van der Waals surface area contributed by atoms with Gasteiger partial charge >= 0.3 is 0 Å². The molecule has 2 N–H and O–H groups in total. The molecule has 2 amide bonds. The van der Waals surface area contributed by atoms with Gasteiger partial charge in [0.05, 0.1) is 11.8 Å². The molecule has 1 heterocycles. The molecule has 1 aromatic heterocycles. The van der Waals surface area contributed by atoms with E-state index in [4.69, 9.17) is 0 Å². The molecule has 0 saturated heterocycles. The number of anilines is 1. The van der Waals surface area contributed by atoms with Gasteiger partial charge in [-0.3, -0.25) is 9.59 Å². The van der Waals surface area contributed by atoms with Crippen LogP contribution in [0.2, 0.25) is 0 Å². The fourth-order valence-corrected chi connectivity index (χ4v) is 4.58. The standard InChI is InChI=1S/C27H29N5O2S/c1-17(2)24(29-26(34)21-11-7-8-18(3)14-21)25-30-31-27(32(25)4)35-16-23(33)28-22-13-12-19-9-5-6-10-20(19)15-22/h5-15,17,24H,16H2,1-4H3,(H,28,33)(H,29,34)/t24-/m1/s1. The Balaban J connectivity index is 1.41. The normalized spacial score (nSPS) is 12.0. The van der Waals surface area contributed by atoms with E-state index in [1.54, 1.807) is 6.07 Å². The van der Waals surface area contributed by atoms with Crippen molar-refractivity contribution >= 4 is 40.0 Å². The molecule has 0 aliphatic heterocycles. The van der Waals surface area contributed by atoms with E-state index in [0.717, 1.165) is 22.0 Å². The highest BCUT2D eigenvalue weighted by atomic mass is 32.2. The van der Waals surface area contributed by atoms with Gasteiger partial charge in [0.25, 0.3) is 5.91 Å². The Labute approximate surface area is 209 Å². The molecule has 0 spiro atoms. The van der Waals surface area contributed by atoms with Crippen molar-refractivity contribution in [3.05, 3.63) is 83.7 Å². The largest absolute Gasteiger partial charge is 0.342 e. The third-order valence-corrected chi connectivity index (χ3v) is 6.77. The van der Waals surface area contributed by atoms with Gasteiger partial charge in [0.2, 0.25) is 5.91 Å². The Morgan fingerprint density at radius 1 is 0.971 bits per heavy atom. The third-order valence-electron chi connectivity index (χ3n) is 5.75. The first kappa shape index (κ1) is 24.5. The van der Waals surface area contributed by atoms with Gasteiger partial charge < -0.3 is 15.2 Å². The lowest BCUT2D eigenvalue weighted by molar-refractivity contribution is -0.113. The quantitative estimate of drug-likeness (QED) is 0.336. The molecule has 0 radical (unpaired) electrons. The SMILES string of the molecule is Cc1cccc(C(=O)N[C@@H](c2nnc(SCC(=O)Nc3ccc4ccccc4c3)n2C)C(C)C)c1. The molecule has 0 unspecified atom stereocenters. The van der Waals surface area contributed by atoms with Gasteiger partial charge in [-0.05, 0) is 47.9 Å². The molecular weight excluding hydrogens is 458 g/mol. The molecule has 0 bridgehead atoms. The summed E-state index contributed by atoms with van der Waals surface area (Å²) in [5, 5.41) is 17.5. The molecule has 180 valence electrons. The Kier molecular flexibility index (Phi) is 7.51. The van der Waals surface area contributed by atoms with Crippen molar-refractivity contribution in [3.8, 4) is 0 Å². The summed E-state index contributed by atoms with van der Waals surface area (Å²) in [4.78, 5) is 25.4. The van der Waals surface area contributed by atoms with Crippen LogP contribution in [0.1, 0.15) is 41.6 Å². The second-order valence-corrected chi connectivity index (χ2v) is 9.81. The van der Waals surface area contributed by atoms with Crippen LogP contribution in [-0.2, 0) is 11.8 Å². The number of carbonyl (C=O) groups excluding carboxylic acids is 2. The van der Waals surface area contributed by atoms with Crippen molar-refractivity contribution < 1.29 is 9.59 Å². The van der Waals surface area contributed by atoms with E-state index in [-0.39, 0.29) is 29.5 Å². The Hall–Kier alpha value is -3.65. The summed E-state index contributed by atoms with van der Waals surface area (Å²) in [5.41, 5.74) is 2.39. The van der Waals surface area contributed by atoms with Gasteiger partial charge in [-0.1, -0.05) is 73.6 Å². The predicted octanol–water partition coefficient (Wildman–Crippen LogP) is 5.13. The summed E-state index contributed by atoms with van der Waals surface area (Å²) < 4.78 is 1.84. The highest BCUT2D eigenvalue weighted by Crippen LogP contribution is 2.25. The van der Waals surface area contributed by atoms with Crippen LogP contribution < -0.4 is 10.6 Å². The van der Waals surface area contributed by atoms with Crippen molar-refractivity contribution in [2.45, 2.75) is 32.0 Å². The lowest BCUT2D eigenvalue weighted by atomic mass is 10.0. The van der Waals surface area contributed by atoms with Crippen molar-refractivity contribution in [2.75, 3.05) is 11.1 Å². The zero-order valence-corrected chi connectivity index (χ0v) is 21.1. The molecule has 8 heteroatoms. The van der Waals surface area contributed by atoms with Crippen LogP contribution in [0.5, 0.6) is 0 Å². The number of benzene rings is 3. The molecule has 3 aromatic carbocycles. The summed E-state index contributed by atoms with van der Waals surface area (Å²) >= 11 is 1.31. The molecule has 35 heavy (non-hydrogen) atoms. The number of amides is 2. The van der Waals surface area contributed by atoms with E-state index < -0.39 is 0 Å². The van der Waals surface area contributed by atoms with Gasteiger partial charge in [-0.2, -0.15) is 0 Å². The maximum atomic E-state index is 12.8. The number of fused-ring (bicyclic) bond motifs is 1. The van der Waals surface area contributed by atoms with E-state index in [0.29, 0.717) is 16.5 Å². The third kappa shape index (κ3) is 5.89. The zero-order valence-electron chi connectivity index (χ0n) is 20.3. The van der Waals surface area contributed by atoms with Crippen LogP contribution in [0, 0.1) is 12.8 Å². The van der Waals surface area contributed by atoms with E-state index in [1.807, 2.05) is 93.0 Å². The number of nitrogens with zero attached hydrogens (tertiary/aromatic N) is 3. The summed E-state index contributed by atoms with van der Waals surface area (Å²) in [6.45, 7) is 6.01. The number of rotatable bonds is 8. The first-order valence-electron chi connectivity index (χ1n) is 11.5. The molecule has 1 atom stereocenters. The van der Waals surface area contributed by atoms with E-state index in [9.17, 15) is 9.59 Å². The summed E-state index contributed by atoms with van der Waals surface area (Å²) in [7, 11) is 1.85. The van der Waals surface area contributed by atoms with Crippen LogP contribution in [-0.4, -0.2) is 32.3 Å². The van der Waals surface area contributed by atoms with E-state index in [1.165, 1.54) is 11.8 Å². The number of carbonyl (C=O) groups is 2. The van der Waals surface area contributed by atoms with Gasteiger partial charge in [0.15, 0.2) is 11.0 Å². The highest BCUT2D eigenvalue weighted by molar-refractivity contribution is 7.99. The monoisotopic (exact) mass is 487 g/mol. The van der Waals surface area contributed by atoms with E-state index in [2.05, 4.69) is 20.8 Å². The molecule has 4 aromatic rings. The van der Waals surface area contributed by atoms with Crippen LogP contribution in [0.25, 0.3) is 10.8 Å². The minimum Gasteiger partial charge on any atom is -0.342 e. The van der Waals surface area contributed by atoms with Crippen molar-refractivity contribution in [1.82, 2.24) is 20.1 Å². The molecule has 0 aliphatic rings. The first-order valence-corrected chi connectivity index (χ1v) is 12.5. The number of thioether (sulfide) groups is 1. The van der Waals surface area contributed by atoms with Gasteiger partial charge in [-0.25, -0.2) is 0 Å². The lowest BCUT2D eigenvalue weighted by Gasteiger charge is -2.21. The number of hydrogen-bond donors (Lipinski definition) is 2. The van der Waals surface area contributed by atoms with Crippen molar-refractivity contribution in [3.63, 3.8) is 0 Å². The molecular formula is C27H29N5O2S. The molecule has 0 fully saturated rings. The van der Waals surface area contributed by atoms with E-state index >= 15 is 0 Å². The lowest BCUT2D eigenvalue weighted by Crippen LogP contribution is -2.33. The highest BCUT2D eigenvalue weighted by Gasteiger charge is 2.25. The fourth-order valence-electron chi connectivity index (χ4n) is 3.86. The predicted molar refractivity (Wildman–Crippen MR) is 141 cm³/mol. The Bertz CT molecular complexity index is 1360. The van der Waals surface area contributed by atoms with Crippen LogP contribution in [0.4, 0.5) is 5.69 Å². The number of hydrogen-bond acceptors (Lipinski definition) is 5. The molecule has 0 saturated carbocycles. The average Bonchev–Trinajstić information content (AvgIpc) is 3.20. The van der Waals surface area contributed by atoms with Crippen LogP contribution in [0.3, 0.4) is 0 Å². The summed E-state index contributed by atoms with van der Waals surface area (Å²) in [6.07, 6.45) is 0. The second-order valence-electron chi connectivity index (χ2n) is 8.86. The van der Waals surface area contributed by atoms with Gasteiger partial charge in [-0.15, -0.1) is 10.2 Å². The van der Waals surface area contributed by atoms with Crippen molar-refractivity contribution in [1.29, 1.82) is 0 Å². The van der Waals surface area contributed by atoms with Crippen LogP contribution >= 0.6 is 11.8 Å². The zero-order chi connectivity index (χ0) is 24.9. The number of aromatic nitrogens is 3. The molecule has 7 nitrogen and oxygen atoms in total. The minimum atomic E-state index is -0.318. The van der Waals surface area contributed by atoms with Gasteiger partial charge in [0, 0.05) is 18.3 Å². The number of nitrogens with one attached hydrogen (secondary N) is 2. The smallest absolute Gasteiger partial charge is 0.251 e. The topological polar surface area (TPSA) is 88.9 Å². The summed E-state index contributed by atoms with van der Waals surface area (Å²) in [5.74, 6) is 0.669. The first-order chi connectivity index (χ1) is 16.8. The maximum Gasteiger partial charge on any atom is 0.251 e. The van der Waals surface area contributed by atoms with Gasteiger partial charge in [0.1, 0.15) is 0 Å². The molecule has 0 aliphatic carbocycles. The minimum absolute atomic E-state index is 0.0979. The Morgan fingerprint density at radius 2 is 1.74 bits per heavy atom. The summed E-state index contributed by atoms with van der Waals surface area (Å²) in [6, 6.07) is 21.0. The average molecular weight is 488 g/mol. The number of aryl methyl sites for hydroxylation is 1. The van der Waals surface area contributed by atoms with Crippen LogP contribution in [0.15, 0.2) is 71.9 Å². The fraction of sp³-hybridized carbons (Fsp3) is 0.259. The second kappa shape index (κ2) is 10.7. The molecule has 4 rings (SSSR count).